The number of rotatable bonds is 5. The van der Waals surface area contributed by atoms with Crippen molar-refractivity contribution in [2.24, 2.45) is 0 Å². The van der Waals surface area contributed by atoms with E-state index in [1.54, 1.807) is 31.3 Å². The Bertz CT molecular complexity index is 1110. The van der Waals surface area contributed by atoms with Gasteiger partial charge in [-0.3, -0.25) is 9.48 Å². The fourth-order valence-corrected chi connectivity index (χ4v) is 4.31. The van der Waals surface area contributed by atoms with E-state index < -0.39 is 6.10 Å². The maximum absolute atomic E-state index is 13.5. The van der Waals surface area contributed by atoms with Gasteiger partial charge in [-0.2, -0.15) is 5.10 Å². The quantitative estimate of drug-likeness (QED) is 0.684. The number of amides is 1. The minimum atomic E-state index is -0.863. The fraction of sp³-hybridized carbons (Fsp3) is 0.333. The second kappa shape index (κ2) is 8.43. The van der Waals surface area contributed by atoms with Gasteiger partial charge in [-0.25, -0.2) is 0 Å². The summed E-state index contributed by atoms with van der Waals surface area (Å²) in [6, 6.07) is 13.6. The molecule has 3 aromatic rings. The van der Waals surface area contributed by atoms with Gasteiger partial charge in [0.2, 0.25) is 0 Å². The highest BCUT2D eigenvalue weighted by atomic mass is 16.5. The van der Waals surface area contributed by atoms with Gasteiger partial charge < -0.3 is 19.5 Å². The van der Waals surface area contributed by atoms with Gasteiger partial charge in [0.25, 0.3) is 5.91 Å². The summed E-state index contributed by atoms with van der Waals surface area (Å²) in [7, 11) is 3.15. The van der Waals surface area contributed by atoms with Crippen molar-refractivity contribution in [3.8, 4) is 11.5 Å². The number of aliphatic hydroxyl groups excluding tert-OH is 1. The van der Waals surface area contributed by atoms with Gasteiger partial charge in [0.05, 0.1) is 45.1 Å². The van der Waals surface area contributed by atoms with Crippen LogP contribution in [0.2, 0.25) is 0 Å². The number of aryl methyl sites for hydroxylation is 1. The Morgan fingerprint density at radius 2 is 1.77 bits per heavy atom. The first-order valence-electron chi connectivity index (χ1n) is 10.2. The van der Waals surface area contributed by atoms with Crippen LogP contribution in [0.4, 0.5) is 0 Å². The predicted octanol–water partition coefficient (Wildman–Crippen LogP) is 3.25. The third kappa shape index (κ3) is 3.77. The van der Waals surface area contributed by atoms with E-state index in [0.717, 1.165) is 16.8 Å². The molecule has 0 fully saturated rings. The van der Waals surface area contributed by atoms with Gasteiger partial charge in [0, 0.05) is 16.8 Å². The van der Waals surface area contributed by atoms with Crippen molar-refractivity contribution in [1.82, 2.24) is 14.7 Å². The molecule has 0 saturated heterocycles. The Labute approximate surface area is 181 Å². The van der Waals surface area contributed by atoms with Crippen molar-refractivity contribution in [1.29, 1.82) is 0 Å². The number of fused-ring (bicyclic) bond motifs is 1. The highest BCUT2D eigenvalue weighted by molar-refractivity contribution is 5.96. The van der Waals surface area contributed by atoms with E-state index in [1.807, 2.05) is 48.9 Å². The lowest BCUT2D eigenvalue weighted by atomic mass is 9.94. The molecule has 1 unspecified atom stereocenters. The van der Waals surface area contributed by atoms with Crippen LogP contribution >= 0.6 is 0 Å². The average Bonchev–Trinajstić information content (AvgIpc) is 3.05. The van der Waals surface area contributed by atoms with Crippen molar-refractivity contribution in [2.45, 2.75) is 33.0 Å². The van der Waals surface area contributed by atoms with Crippen molar-refractivity contribution in [3.05, 3.63) is 76.1 Å². The van der Waals surface area contributed by atoms with E-state index >= 15 is 0 Å². The normalized spacial score (nSPS) is 15.5. The van der Waals surface area contributed by atoms with Crippen LogP contribution < -0.4 is 9.47 Å². The molecule has 7 heteroatoms. The number of methoxy groups -OCH3 is 2. The molecule has 7 nitrogen and oxygen atoms in total. The molecule has 31 heavy (non-hydrogen) atoms. The van der Waals surface area contributed by atoms with Crippen LogP contribution in [-0.2, 0) is 13.1 Å². The maximum Gasteiger partial charge on any atom is 0.258 e. The number of nitrogens with zero attached hydrogens (tertiary/aromatic N) is 3. The standard InChI is InChI=1S/C24H27N3O4/c1-15-22(16(2)27(25-15)12-17-8-6-5-7-9-17)24(29)26-13-18-20(30-3)10-11-21(31-4)23(18)19(28)14-26/h5-11,19,28H,12-14H2,1-4H3. The summed E-state index contributed by atoms with van der Waals surface area (Å²) in [5.41, 5.74) is 4.63. The number of aromatic nitrogens is 2. The van der Waals surface area contributed by atoms with Crippen LogP contribution in [-0.4, -0.2) is 46.5 Å². The Kier molecular flexibility index (Phi) is 5.69. The van der Waals surface area contributed by atoms with Crippen LogP contribution in [0.1, 0.15) is 44.5 Å². The number of hydrogen-bond acceptors (Lipinski definition) is 5. The second-order valence-electron chi connectivity index (χ2n) is 7.75. The summed E-state index contributed by atoms with van der Waals surface area (Å²) in [4.78, 5) is 15.2. The zero-order chi connectivity index (χ0) is 22.1. The van der Waals surface area contributed by atoms with Crippen molar-refractivity contribution >= 4 is 5.91 Å². The zero-order valence-electron chi connectivity index (χ0n) is 18.3. The van der Waals surface area contributed by atoms with Crippen LogP contribution in [0.3, 0.4) is 0 Å². The molecule has 2 heterocycles. The summed E-state index contributed by atoms with van der Waals surface area (Å²) >= 11 is 0. The smallest absolute Gasteiger partial charge is 0.258 e. The molecule has 1 aliphatic heterocycles. The maximum atomic E-state index is 13.5. The number of aliphatic hydroxyl groups is 1. The number of β-amino-alcohol motifs (C(OH)–C–C–N with tert-alkyl or cyclic N) is 1. The summed E-state index contributed by atoms with van der Waals surface area (Å²) < 4.78 is 12.8. The molecule has 1 N–H and O–H groups in total. The number of ether oxygens (including phenoxy) is 2. The minimum absolute atomic E-state index is 0.149. The van der Waals surface area contributed by atoms with Crippen molar-refractivity contribution in [2.75, 3.05) is 20.8 Å². The van der Waals surface area contributed by atoms with E-state index in [9.17, 15) is 9.90 Å². The van der Waals surface area contributed by atoms with Crippen LogP contribution in [0.15, 0.2) is 42.5 Å². The molecule has 0 spiro atoms. The number of carbonyl (C=O) groups excluding carboxylic acids is 1. The van der Waals surface area contributed by atoms with Crippen LogP contribution in [0, 0.1) is 13.8 Å². The van der Waals surface area contributed by atoms with Crippen molar-refractivity contribution < 1.29 is 19.4 Å². The van der Waals surface area contributed by atoms with Crippen LogP contribution in [0.5, 0.6) is 11.5 Å². The van der Waals surface area contributed by atoms with E-state index in [4.69, 9.17) is 9.47 Å². The lowest BCUT2D eigenvalue weighted by molar-refractivity contribution is 0.0537. The molecule has 1 amide bonds. The molecule has 162 valence electrons. The summed E-state index contributed by atoms with van der Waals surface area (Å²) in [5, 5.41) is 15.5. The number of hydrogen-bond donors (Lipinski definition) is 1. The third-order valence-corrected chi connectivity index (χ3v) is 5.85. The topological polar surface area (TPSA) is 76.8 Å². The second-order valence-corrected chi connectivity index (χ2v) is 7.75. The number of benzene rings is 2. The molecular formula is C24H27N3O4. The van der Waals surface area contributed by atoms with Crippen molar-refractivity contribution in [3.63, 3.8) is 0 Å². The first kappa shape index (κ1) is 20.9. The molecule has 1 aromatic heterocycles. The fourth-order valence-electron chi connectivity index (χ4n) is 4.31. The van der Waals surface area contributed by atoms with Gasteiger partial charge in [0.1, 0.15) is 17.6 Å². The molecule has 2 aromatic carbocycles. The SMILES string of the molecule is COc1ccc(OC)c2c1CN(C(=O)c1c(C)nn(Cc3ccccc3)c1C)CC2O. The third-order valence-electron chi connectivity index (χ3n) is 5.85. The highest BCUT2D eigenvalue weighted by Gasteiger charge is 2.34. The highest BCUT2D eigenvalue weighted by Crippen LogP contribution is 2.39. The molecule has 1 atom stereocenters. The molecule has 4 rings (SSSR count). The van der Waals surface area contributed by atoms with E-state index in [1.165, 1.54) is 0 Å². The largest absolute Gasteiger partial charge is 0.496 e. The summed E-state index contributed by atoms with van der Waals surface area (Å²) in [6.07, 6.45) is -0.863. The number of carbonyl (C=O) groups is 1. The van der Waals surface area contributed by atoms with E-state index in [-0.39, 0.29) is 12.5 Å². The molecule has 0 aliphatic carbocycles. The van der Waals surface area contributed by atoms with E-state index in [0.29, 0.717) is 41.4 Å². The minimum Gasteiger partial charge on any atom is -0.496 e. The average molecular weight is 421 g/mol. The molecule has 0 radical (unpaired) electrons. The Morgan fingerprint density at radius 1 is 1.10 bits per heavy atom. The summed E-state index contributed by atoms with van der Waals surface area (Å²) in [6.45, 7) is 4.86. The van der Waals surface area contributed by atoms with Crippen LogP contribution in [0.25, 0.3) is 0 Å². The zero-order valence-corrected chi connectivity index (χ0v) is 18.3. The predicted molar refractivity (Wildman–Crippen MR) is 116 cm³/mol. The first-order chi connectivity index (χ1) is 14.9. The van der Waals surface area contributed by atoms with Gasteiger partial charge in [-0.1, -0.05) is 30.3 Å². The lowest BCUT2D eigenvalue weighted by Gasteiger charge is -2.34. The first-order valence-corrected chi connectivity index (χ1v) is 10.2. The Morgan fingerprint density at radius 3 is 2.45 bits per heavy atom. The molecular weight excluding hydrogens is 394 g/mol. The summed E-state index contributed by atoms with van der Waals surface area (Å²) in [5.74, 6) is 1.07. The Hall–Kier alpha value is -3.32. The van der Waals surface area contributed by atoms with Gasteiger partial charge >= 0.3 is 0 Å². The van der Waals surface area contributed by atoms with Gasteiger partial charge in [0.15, 0.2) is 0 Å². The Balaban J connectivity index is 1.66. The molecule has 0 bridgehead atoms. The molecule has 0 saturated carbocycles. The molecule has 1 aliphatic rings. The van der Waals surface area contributed by atoms with Gasteiger partial charge in [-0.15, -0.1) is 0 Å². The monoisotopic (exact) mass is 421 g/mol. The van der Waals surface area contributed by atoms with Gasteiger partial charge in [-0.05, 0) is 31.5 Å². The van der Waals surface area contributed by atoms with E-state index in [2.05, 4.69) is 5.10 Å². The lowest BCUT2D eigenvalue weighted by Crippen LogP contribution is -2.39.